The number of aromatic amines is 1. The van der Waals surface area contributed by atoms with Crippen LogP contribution >= 0.6 is 0 Å². The highest BCUT2D eigenvalue weighted by molar-refractivity contribution is 5.83. The van der Waals surface area contributed by atoms with Crippen LogP contribution in [0, 0.1) is 5.82 Å². The van der Waals surface area contributed by atoms with Crippen LogP contribution in [0.3, 0.4) is 0 Å². The van der Waals surface area contributed by atoms with Gasteiger partial charge in [0.1, 0.15) is 5.82 Å². The average molecular weight is 260 g/mol. The Bertz CT molecular complexity index is 612. The molecule has 1 saturated heterocycles. The van der Waals surface area contributed by atoms with Crippen LogP contribution in [0.4, 0.5) is 4.39 Å². The summed E-state index contributed by atoms with van der Waals surface area (Å²) in [6.07, 6.45) is 3.88. The highest BCUT2D eigenvalue weighted by Gasteiger charge is 2.23. The molecule has 0 unspecified atom stereocenters. The second kappa shape index (κ2) is 4.68. The van der Waals surface area contributed by atoms with Crippen molar-refractivity contribution in [1.82, 2.24) is 9.88 Å². The number of carbonyl (C=O) groups excluding carboxylic acids is 1. The number of hydrogen-bond acceptors (Lipinski definition) is 1. The fourth-order valence-electron chi connectivity index (χ4n) is 2.96. The van der Waals surface area contributed by atoms with Crippen LogP contribution in [0.15, 0.2) is 24.4 Å². The summed E-state index contributed by atoms with van der Waals surface area (Å²) in [7, 11) is 0. The normalized spacial score (nSPS) is 17.1. The van der Waals surface area contributed by atoms with Gasteiger partial charge < -0.3 is 9.88 Å². The lowest BCUT2D eigenvalue weighted by atomic mass is 9.89. The van der Waals surface area contributed by atoms with Crippen LogP contribution in [-0.2, 0) is 4.79 Å². The van der Waals surface area contributed by atoms with Crippen molar-refractivity contribution in [2.75, 3.05) is 13.1 Å². The van der Waals surface area contributed by atoms with Crippen molar-refractivity contribution in [2.45, 2.75) is 25.7 Å². The molecule has 2 aromatic rings. The smallest absolute Gasteiger partial charge is 0.219 e. The summed E-state index contributed by atoms with van der Waals surface area (Å²) < 4.78 is 13.4. The van der Waals surface area contributed by atoms with Gasteiger partial charge >= 0.3 is 0 Å². The monoisotopic (exact) mass is 260 g/mol. The van der Waals surface area contributed by atoms with E-state index in [1.807, 2.05) is 11.1 Å². The van der Waals surface area contributed by atoms with Crippen LogP contribution in [0.1, 0.15) is 31.2 Å². The Labute approximate surface area is 111 Å². The molecule has 1 aromatic heterocycles. The van der Waals surface area contributed by atoms with Crippen molar-refractivity contribution in [3.05, 3.63) is 35.8 Å². The van der Waals surface area contributed by atoms with E-state index in [9.17, 15) is 9.18 Å². The molecule has 3 nitrogen and oxygen atoms in total. The minimum atomic E-state index is -0.200. The average Bonchev–Trinajstić information content (AvgIpc) is 2.81. The Morgan fingerprint density at radius 1 is 1.37 bits per heavy atom. The van der Waals surface area contributed by atoms with E-state index in [0.717, 1.165) is 36.8 Å². The predicted molar refractivity (Wildman–Crippen MR) is 72.5 cm³/mol. The molecular weight excluding hydrogens is 243 g/mol. The van der Waals surface area contributed by atoms with Crippen molar-refractivity contribution in [3.63, 3.8) is 0 Å². The van der Waals surface area contributed by atoms with Gasteiger partial charge in [0, 0.05) is 37.1 Å². The van der Waals surface area contributed by atoms with Crippen molar-refractivity contribution >= 4 is 16.8 Å². The standard InChI is InChI=1S/C15H17FN2O/c1-10(19)18-6-4-11(5-7-18)14-9-17-15-3-2-12(16)8-13(14)15/h2-3,8-9,11,17H,4-7H2,1H3. The quantitative estimate of drug-likeness (QED) is 0.840. The molecule has 0 spiro atoms. The van der Waals surface area contributed by atoms with Crippen molar-refractivity contribution in [1.29, 1.82) is 0 Å². The highest BCUT2D eigenvalue weighted by atomic mass is 19.1. The number of aromatic nitrogens is 1. The van der Waals surface area contributed by atoms with E-state index in [0.29, 0.717) is 5.92 Å². The van der Waals surface area contributed by atoms with Gasteiger partial charge in [-0.2, -0.15) is 0 Å². The first-order chi connectivity index (χ1) is 9.15. The minimum Gasteiger partial charge on any atom is -0.361 e. The summed E-state index contributed by atoms with van der Waals surface area (Å²) >= 11 is 0. The van der Waals surface area contributed by atoms with Gasteiger partial charge in [-0.05, 0) is 42.5 Å². The first-order valence-corrected chi connectivity index (χ1v) is 6.67. The number of amides is 1. The van der Waals surface area contributed by atoms with Gasteiger partial charge in [0.15, 0.2) is 0 Å². The number of nitrogens with zero attached hydrogens (tertiary/aromatic N) is 1. The zero-order valence-corrected chi connectivity index (χ0v) is 10.9. The third-order valence-electron chi connectivity index (χ3n) is 4.06. The Balaban J connectivity index is 1.85. The lowest BCUT2D eigenvalue weighted by Gasteiger charge is -2.31. The van der Waals surface area contributed by atoms with Crippen LogP contribution in [0.2, 0.25) is 0 Å². The van der Waals surface area contributed by atoms with Gasteiger partial charge in [-0.3, -0.25) is 4.79 Å². The van der Waals surface area contributed by atoms with E-state index in [1.165, 1.54) is 11.6 Å². The van der Waals surface area contributed by atoms with E-state index in [4.69, 9.17) is 0 Å². The topological polar surface area (TPSA) is 36.1 Å². The largest absolute Gasteiger partial charge is 0.361 e. The van der Waals surface area contributed by atoms with Gasteiger partial charge in [0.2, 0.25) is 5.91 Å². The minimum absolute atomic E-state index is 0.142. The Kier molecular flexibility index (Phi) is 3.01. The molecule has 1 aliphatic heterocycles. The molecule has 0 atom stereocenters. The van der Waals surface area contributed by atoms with Crippen LogP contribution in [0.5, 0.6) is 0 Å². The fourth-order valence-corrected chi connectivity index (χ4v) is 2.96. The zero-order chi connectivity index (χ0) is 13.4. The number of halogens is 1. The summed E-state index contributed by atoms with van der Waals surface area (Å²) in [5.74, 6) is 0.351. The maximum Gasteiger partial charge on any atom is 0.219 e. The van der Waals surface area contributed by atoms with Crippen molar-refractivity contribution in [2.24, 2.45) is 0 Å². The number of hydrogen-bond donors (Lipinski definition) is 1. The number of piperidine rings is 1. The second-order valence-corrected chi connectivity index (χ2v) is 5.21. The molecule has 1 aromatic carbocycles. The molecule has 0 bridgehead atoms. The maximum absolute atomic E-state index is 13.4. The fraction of sp³-hybridized carbons (Fsp3) is 0.400. The summed E-state index contributed by atoms with van der Waals surface area (Å²) in [6, 6.07) is 4.85. The number of H-pyrrole nitrogens is 1. The Hall–Kier alpha value is -1.84. The molecule has 100 valence electrons. The molecule has 1 amide bonds. The summed E-state index contributed by atoms with van der Waals surface area (Å²) in [5.41, 5.74) is 2.16. The first kappa shape index (κ1) is 12.2. The molecule has 4 heteroatoms. The SMILES string of the molecule is CC(=O)N1CCC(c2c[nH]c3ccc(F)cc23)CC1. The van der Waals surface area contributed by atoms with E-state index in [-0.39, 0.29) is 11.7 Å². The second-order valence-electron chi connectivity index (χ2n) is 5.21. The molecule has 2 heterocycles. The number of benzene rings is 1. The molecule has 0 radical (unpaired) electrons. The molecule has 1 N–H and O–H groups in total. The molecule has 0 aliphatic carbocycles. The molecule has 1 aliphatic rings. The summed E-state index contributed by atoms with van der Waals surface area (Å²) in [5, 5.41) is 0.973. The third-order valence-corrected chi connectivity index (χ3v) is 4.06. The first-order valence-electron chi connectivity index (χ1n) is 6.67. The molecule has 1 fully saturated rings. The lowest BCUT2D eigenvalue weighted by molar-refractivity contribution is -0.129. The third kappa shape index (κ3) is 2.23. The van der Waals surface area contributed by atoms with Crippen molar-refractivity contribution in [3.8, 4) is 0 Å². The number of likely N-dealkylation sites (tertiary alicyclic amines) is 1. The van der Waals surface area contributed by atoms with Gasteiger partial charge in [-0.15, -0.1) is 0 Å². The Morgan fingerprint density at radius 2 is 2.11 bits per heavy atom. The van der Waals surface area contributed by atoms with E-state index in [2.05, 4.69) is 4.98 Å². The maximum atomic E-state index is 13.4. The van der Waals surface area contributed by atoms with Crippen molar-refractivity contribution < 1.29 is 9.18 Å². The number of rotatable bonds is 1. The number of carbonyl (C=O) groups is 1. The van der Waals surface area contributed by atoms with Crippen LogP contribution in [0.25, 0.3) is 10.9 Å². The van der Waals surface area contributed by atoms with Gasteiger partial charge in [-0.1, -0.05) is 0 Å². The lowest BCUT2D eigenvalue weighted by Crippen LogP contribution is -2.36. The Morgan fingerprint density at radius 3 is 2.79 bits per heavy atom. The summed E-state index contributed by atoms with van der Waals surface area (Å²) in [4.78, 5) is 16.4. The molecule has 0 saturated carbocycles. The predicted octanol–water partition coefficient (Wildman–Crippen LogP) is 3.03. The number of nitrogens with one attached hydrogen (secondary N) is 1. The molecule has 19 heavy (non-hydrogen) atoms. The van der Waals surface area contributed by atoms with E-state index in [1.54, 1.807) is 19.1 Å². The van der Waals surface area contributed by atoms with Crippen LogP contribution < -0.4 is 0 Å². The highest BCUT2D eigenvalue weighted by Crippen LogP contribution is 2.33. The van der Waals surface area contributed by atoms with Crippen LogP contribution in [-0.4, -0.2) is 28.9 Å². The van der Waals surface area contributed by atoms with E-state index < -0.39 is 0 Å². The number of fused-ring (bicyclic) bond motifs is 1. The van der Waals surface area contributed by atoms with E-state index >= 15 is 0 Å². The summed E-state index contributed by atoms with van der Waals surface area (Å²) in [6.45, 7) is 3.20. The van der Waals surface area contributed by atoms with Gasteiger partial charge in [-0.25, -0.2) is 4.39 Å². The molecule has 3 rings (SSSR count). The van der Waals surface area contributed by atoms with Gasteiger partial charge in [0.25, 0.3) is 0 Å². The molecular formula is C15H17FN2O. The van der Waals surface area contributed by atoms with Gasteiger partial charge in [0.05, 0.1) is 0 Å². The zero-order valence-electron chi connectivity index (χ0n) is 10.9.